The first kappa shape index (κ1) is 12.2. The Balaban J connectivity index is 1.77. The predicted octanol–water partition coefficient (Wildman–Crippen LogP) is 2.14. The number of rotatable bonds is 3. The summed E-state index contributed by atoms with van der Waals surface area (Å²) in [5.41, 5.74) is 2.18. The molecule has 2 aromatic heterocycles. The zero-order valence-corrected chi connectivity index (χ0v) is 11.8. The molecule has 1 N–H and O–H groups in total. The zero-order valence-electron chi connectivity index (χ0n) is 10.1. The normalized spacial score (nSPS) is 17.3. The maximum Gasteiger partial charge on any atom is 0.178 e. The largest absolute Gasteiger partial charge is 0.329 e. The molecule has 1 fully saturated rings. The van der Waals surface area contributed by atoms with Gasteiger partial charge in [-0.25, -0.2) is 0 Å². The first-order valence-corrected chi connectivity index (χ1v) is 7.73. The van der Waals surface area contributed by atoms with Crippen LogP contribution in [0.5, 0.6) is 0 Å². The number of nitrogens with one attached hydrogen (secondary N) is 1. The summed E-state index contributed by atoms with van der Waals surface area (Å²) in [5.74, 6) is 2.51. The van der Waals surface area contributed by atoms with Gasteiger partial charge in [-0.2, -0.15) is 11.8 Å². The third kappa shape index (κ3) is 2.46. The lowest BCUT2D eigenvalue weighted by Crippen LogP contribution is -2.35. The number of hydrogen-bond donors (Lipinski definition) is 1. The van der Waals surface area contributed by atoms with Crippen molar-refractivity contribution in [2.24, 2.45) is 0 Å². The van der Waals surface area contributed by atoms with Crippen LogP contribution in [0.2, 0.25) is 0 Å². The van der Waals surface area contributed by atoms with E-state index >= 15 is 0 Å². The molecule has 1 aliphatic heterocycles. The van der Waals surface area contributed by atoms with Crippen molar-refractivity contribution in [3.05, 3.63) is 23.2 Å². The predicted molar refractivity (Wildman–Crippen MR) is 78.7 cm³/mol. The smallest absolute Gasteiger partial charge is 0.178 e. The summed E-state index contributed by atoms with van der Waals surface area (Å²) >= 11 is 7.42. The number of nitrogens with zero attached hydrogens (tertiary/aromatic N) is 3. The highest BCUT2D eigenvalue weighted by atomic mass is 32.2. The molecule has 3 heterocycles. The molecule has 0 unspecified atom stereocenters. The Morgan fingerprint density at radius 3 is 3.00 bits per heavy atom. The van der Waals surface area contributed by atoms with E-state index in [9.17, 15) is 0 Å². The van der Waals surface area contributed by atoms with E-state index in [1.54, 1.807) is 0 Å². The summed E-state index contributed by atoms with van der Waals surface area (Å²) in [6.07, 6.45) is 3.65. The molecule has 3 rings (SSSR count). The summed E-state index contributed by atoms with van der Waals surface area (Å²) in [4.78, 5) is 9.83. The van der Waals surface area contributed by atoms with E-state index in [0.29, 0.717) is 0 Å². The van der Waals surface area contributed by atoms with Gasteiger partial charge < -0.3 is 9.55 Å². The Morgan fingerprint density at radius 1 is 1.33 bits per heavy atom. The van der Waals surface area contributed by atoms with Gasteiger partial charge in [-0.1, -0.05) is 0 Å². The number of pyridine rings is 1. The molecule has 0 radical (unpaired) electrons. The third-order valence-corrected chi connectivity index (χ3v) is 4.58. The van der Waals surface area contributed by atoms with Crippen LogP contribution in [-0.2, 0) is 6.54 Å². The molecule has 0 amide bonds. The number of fused-ring (bicyclic) bond motifs is 1. The van der Waals surface area contributed by atoms with Crippen LogP contribution in [0.15, 0.2) is 18.5 Å². The molecule has 2 aromatic rings. The minimum atomic E-state index is 0.796. The highest BCUT2D eigenvalue weighted by molar-refractivity contribution is 7.99. The van der Waals surface area contributed by atoms with E-state index < -0.39 is 0 Å². The Kier molecular flexibility index (Phi) is 3.67. The van der Waals surface area contributed by atoms with Crippen molar-refractivity contribution in [3.63, 3.8) is 0 Å². The molecule has 0 aliphatic carbocycles. The van der Waals surface area contributed by atoms with Gasteiger partial charge in [-0.3, -0.25) is 9.88 Å². The molecule has 0 saturated carbocycles. The Hall–Kier alpha value is -0.850. The molecular weight excluding hydrogens is 264 g/mol. The molecule has 0 atom stereocenters. The number of aromatic amines is 1. The Bertz CT molecular complexity index is 583. The SMILES string of the molecule is S=c1[nH]c2cnccc2n1CCN1CCSCC1. The van der Waals surface area contributed by atoms with E-state index in [1.807, 2.05) is 30.2 Å². The van der Waals surface area contributed by atoms with Crippen LogP contribution < -0.4 is 0 Å². The number of H-pyrrole nitrogens is 1. The minimum absolute atomic E-state index is 0.796. The van der Waals surface area contributed by atoms with Gasteiger partial charge >= 0.3 is 0 Å². The standard InChI is InChI=1S/C12H16N4S2/c17-12-14-10-9-13-2-1-11(10)16(12)4-3-15-5-7-18-8-6-15/h1-2,9H,3-8H2,(H,14,17). The van der Waals surface area contributed by atoms with Crippen LogP contribution in [0.25, 0.3) is 11.0 Å². The van der Waals surface area contributed by atoms with Gasteiger partial charge in [-0.15, -0.1) is 0 Å². The summed E-state index contributed by atoms with van der Waals surface area (Å²) in [7, 11) is 0. The van der Waals surface area contributed by atoms with Crippen molar-refractivity contribution >= 4 is 35.0 Å². The van der Waals surface area contributed by atoms with E-state index in [4.69, 9.17) is 12.2 Å². The molecule has 1 aliphatic rings. The second-order valence-corrected chi connectivity index (χ2v) is 6.04. The first-order chi connectivity index (χ1) is 8.84. The molecule has 0 spiro atoms. The lowest BCUT2D eigenvalue weighted by molar-refractivity contribution is 0.290. The van der Waals surface area contributed by atoms with Crippen molar-refractivity contribution in [1.29, 1.82) is 0 Å². The number of imidazole rings is 1. The van der Waals surface area contributed by atoms with Gasteiger partial charge in [-0.05, 0) is 18.3 Å². The molecule has 1 saturated heterocycles. The van der Waals surface area contributed by atoms with Crippen molar-refractivity contribution in [3.8, 4) is 0 Å². The summed E-state index contributed by atoms with van der Waals surface area (Å²) in [5, 5.41) is 0. The van der Waals surface area contributed by atoms with E-state index in [0.717, 1.165) is 28.9 Å². The lowest BCUT2D eigenvalue weighted by Gasteiger charge is -2.26. The van der Waals surface area contributed by atoms with Crippen LogP contribution in [0.3, 0.4) is 0 Å². The van der Waals surface area contributed by atoms with Crippen LogP contribution in [0.1, 0.15) is 0 Å². The quantitative estimate of drug-likeness (QED) is 0.874. The summed E-state index contributed by atoms with van der Waals surface area (Å²) < 4.78 is 2.97. The molecule has 18 heavy (non-hydrogen) atoms. The van der Waals surface area contributed by atoms with Crippen molar-refractivity contribution < 1.29 is 0 Å². The summed E-state index contributed by atoms with van der Waals surface area (Å²) in [6.45, 7) is 4.42. The average Bonchev–Trinajstić information content (AvgIpc) is 2.73. The Labute approximate surface area is 115 Å². The molecule has 0 aromatic carbocycles. The van der Waals surface area contributed by atoms with Gasteiger partial charge in [0.1, 0.15) is 0 Å². The van der Waals surface area contributed by atoms with Crippen molar-refractivity contribution in [1.82, 2.24) is 19.4 Å². The molecule has 6 heteroatoms. The number of hydrogen-bond acceptors (Lipinski definition) is 4. The summed E-state index contributed by atoms with van der Waals surface area (Å²) in [6, 6.07) is 2.02. The maximum absolute atomic E-state index is 5.38. The first-order valence-electron chi connectivity index (χ1n) is 6.17. The van der Waals surface area contributed by atoms with Gasteiger partial charge in [0.05, 0.1) is 17.2 Å². The highest BCUT2D eigenvalue weighted by Gasteiger charge is 2.11. The van der Waals surface area contributed by atoms with Crippen LogP contribution in [0, 0.1) is 4.77 Å². The molecule has 96 valence electrons. The number of aromatic nitrogens is 3. The lowest BCUT2D eigenvalue weighted by atomic mass is 10.4. The maximum atomic E-state index is 5.38. The van der Waals surface area contributed by atoms with Gasteiger partial charge in [0.25, 0.3) is 0 Å². The zero-order chi connectivity index (χ0) is 12.4. The topological polar surface area (TPSA) is 36.9 Å². The van der Waals surface area contributed by atoms with E-state index in [2.05, 4.69) is 19.4 Å². The highest BCUT2D eigenvalue weighted by Crippen LogP contribution is 2.13. The van der Waals surface area contributed by atoms with Crippen molar-refractivity contribution in [2.75, 3.05) is 31.1 Å². The molecular formula is C12H16N4S2. The fourth-order valence-electron chi connectivity index (χ4n) is 2.30. The minimum Gasteiger partial charge on any atom is -0.329 e. The second-order valence-electron chi connectivity index (χ2n) is 4.43. The molecule has 0 bridgehead atoms. The van der Waals surface area contributed by atoms with Gasteiger partial charge in [0, 0.05) is 43.9 Å². The second kappa shape index (κ2) is 5.42. The van der Waals surface area contributed by atoms with Crippen molar-refractivity contribution in [2.45, 2.75) is 6.54 Å². The monoisotopic (exact) mass is 280 g/mol. The Morgan fingerprint density at radius 2 is 2.17 bits per heavy atom. The van der Waals surface area contributed by atoms with Gasteiger partial charge in [0.2, 0.25) is 0 Å². The van der Waals surface area contributed by atoms with E-state index in [1.165, 1.54) is 24.6 Å². The van der Waals surface area contributed by atoms with Crippen LogP contribution in [-0.4, -0.2) is 50.6 Å². The average molecular weight is 280 g/mol. The van der Waals surface area contributed by atoms with Crippen LogP contribution >= 0.6 is 24.0 Å². The van der Waals surface area contributed by atoms with Gasteiger partial charge in [0.15, 0.2) is 4.77 Å². The molecule has 4 nitrogen and oxygen atoms in total. The van der Waals surface area contributed by atoms with Crippen LogP contribution in [0.4, 0.5) is 0 Å². The fraction of sp³-hybridized carbons (Fsp3) is 0.500. The van der Waals surface area contributed by atoms with E-state index in [-0.39, 0.29) is 0 Å². The fourth-order valence-corrected chi connectivity index (χ4v) is 3.58. The third-order valence-electron chi connectivity index (χ3n) is 3.32. The number of thioether (sulfide) groups is 1.